The van der Waals surface area contributed by atoms with Crippen LogP contribution in [0.4, 0.5) is 0 Å². The van der Waals surface area contributed by atoms with Crippen molar-refractivity contribution in [2.45, 2.75) is 6.04 Å². The summed E-state index contributed by atoms with van der Waals surface area (Å²) in [6.07, 6.45) is 3.40. The number of hydrogen-bond acceptors (Lipinski definition) is 3. The van der Waals surface area contributed by atoms with Crippen molar-refractivity contribution in [3.8, 4) is 0 Å². The van der Waals surface area contributed by atoms with Crippen LogP contribution in [0, 0.1) is 0 Å². The zero-order valence-electron chi connectivity index (χ0n) is 4.92. The number of rotatable bonds is 1. The molecular weight excluding hydrogens is 118 g/mol. The van der Waals surface area contributed by atoms with E-state index in [1.165, 1.54) is 0 Å². The van der Waals surface area contributed by atoms with Gasteiger partial charge in [-0.2, -0.15) is 0 Å². The summed E-state index contributed by atoms with van der Waals surface area (Å²) in [6, 6.07) is -0.300. The topological polar surface area (TPSA) is 67.2 Å². The predicted octanol–water partition coefficient (Wildman–Crippen LogP) is -1.50. The van der Waals surface area contributed by atoms with Crippen LogP contribution in [0.25, 0.3) is 0 Å². The van der Waals surface area contributed by atoms with Crippen molar-refractivity contribution in [1.82, 2.24) is 10.6 Å². The van der Waals surface area contributed by atoms with Crippen molar-refractivity contribution >= 4 is 5.91 Å². The van der Waals surface area contributed by atoms with Gasteiger partial charge in [0.1, 0.15) is 6.04 Å². The van der Waals surface area contributed by atoms with Gasteiger partial charge in [-0.1, -0.05) is 0 Å². The number of nitrogens with one attached hydrogen (secondary N) is 2. The molecule has 1 unspecified atom stereocenters. The van der Waals surface area contributed by atoms with Crippen molar-refractivity contribution in [1.29, 1.82) is 0 Å². The Morgan fingerprint density at radius 1 is 1.78 bits per heavy atom. The summed E-state index contributed by atoms with van der Waals surface area (Å²) < 4.78 is 0. The molecule has 1 aliphatic rings. The highest BCUT2D eigenvalue weighted by Gasteiger charge is 2.11. The van der Waals surface area contributed by atoms with Crippen molar-refractivity contribution in [2.75, 3.05) is 6.67 Å². The number of amides is 1. The van der Waals surface area contributed by atoms with Gasteiger partial charge in [-0.15, -0.1) is 0 Å². The van der Waals surface area contributed by atoms with Crippen LogP contribution < -0.4 is 16.4 Å². The first-order valence-electron chi connectivity index (χ1n) is 2.73. The predicted molar refractivity (Wildman–Crippen MR) is 33.3 cm³/mol. The molecule has 4 heteroatoms. The maximum Gasteiger partial charge on any atom is 0.238 e. The van der Waals surface area contributed by atoms with Gasteiger partial charge >= 0.3 is 0 Å². The Bertz CT molecular complexity index is 143. The molecule has 1 amide bonds. The second kappa shape index (κ2) is 2.50. The summed E-state index contributed by atoms with van der Waals surface area (Å²) in [4.78, 5) is 10.4. The molecular formula is C5H9N3O. The minimum atomic E-state index is -0.340. The van der Waals surface area contributed by atoms with E-state index in [4.69, 9.17) is 5.73 Å². The second-order valence-corrected chi connectivity index (χ2v) is 1.82. The highest BCUT2D eigenvalue weighted by atomic mass is 16.1. The monoisotopic (exact) mass is 127 g/mol. The first kappa shape index (κ1) is 6.10. The molecule has 0 saturated carbocycles. The molecule has 1 heterocycles. The molecule has 0 saturated heterocycles. The third-order valence-electron chi connectivity index (χ3n) is 1.14. The first-order chi connectivity index (χ1) is 4.30. The lowest BCUT2D eigenvalue weighted by molar-refractivity contribution is -0.119. The molecule has 0 aromatic rings. The molecule has 50 valence electrons. The van der Waals surface area contributed by atoms with Gasteiger partial charge in [0.25, 0.3) is 0 Å². The molecule has 0 aromatic carbocycles. The van der Waals surface area contributed by atoms with Crippen LogP contribution in [0.1, 0.15) is 0 Å². The normalized spacial score (nSPS) is 25.1. The van der Waals surface area contributed by atoms with Gasteiger partial charge in [0.2, 0.25) is 5.91 Å². The van der Waals surface area contributed by atoms with Gasteiger partial charge in [-0.25, -0.2) is 0 Å². The van der Waals surface area contributed by atoms with E-state index in [2.05, 4.69) is 10.6 Å². The molecule has 0 fully saturated rings. The molecule has 0 radical (unpaired) electrons. The van der Waals surface area contributed by atoms with E-state index >= 15 is 0 Å². The zero-order valence-corrected chi connectivity index (χ0v) is 4.92. The summed E-state index contributed by atoms with van der Waals surface area (Å²) in [5.41, 5.74) is 4.99. The quantitative estimate of drug-likeness (QED) is 0.402. The fraction of sp³-hybridized carbons (Fsp3) is 0.400. The standard InChI is InChI=1S/C5H9N3O/c6-5(9)4-1-2-7-3-8-4/h1-2,4,7-8H,3H2,(H2,6,9). The van der Waals surface area contributed by atoms with E-state index in [1.807, 2.05) is 0 Å². The maximum absolute atomic E-state index is 10.4. The van der Waals surface area contributed by atoms with Crippen LogP contribution in [0.2, 0.25) is 0 Å². The Morgan fingerprint density at radius 3 is 2.89 bits per heavy atom. The summed E-state index contributed by atoms with van der Waals surface area (Å²) in [7, 11) is 0. The van der Waals surface area contributed by atoms with E-state index in [-0.39, 0.29) is 11.9 Å². The van der Waals surface area contributed by atoms with Crippen LogP contribution in [-0.2, 0) is 4.79 Å². The van der Waals surface area contributed by atoms with Crippen LogP contribution in [-0.4, -0.2) is 18.6 Å². The minimum absolute atomic E-state index is 0.300. The number of carbonyl (C=O) groups excluding carboxylic acids is 1. The van der Waals surface area contributed by atoms with Crippen LogP contribution >= 0.6 is 0 Å². The molecule has 4 nitrogen and oxygen atoms in total. The van der Waals surface area contributed by atoms with Gasteiger partial charge < -0.3 is 11.1 Å². The highest BCUT2D eigenvalue weighted by Crippen LogP contribution is 1.86. The SMILES string of the molecule is NC(=O)C1C=CNCN1. The Hall–Kier alpha value is -1.03. The van der Waals surface area contributed by atoms with E-state index in [0.29, 0.717) is 6.67 Å². The number of nitrogens with two attached hydrogens (primary N) is 1. The third kappa shape index (κ3) is 1.43. The Kier molecular flexibility index (Phi) is 1.69. The maximum atomic E-state index is 10.4. The lowest BCUT2D eigenvalue weighted by Crippen LogP contribution is -2.45. The Balaban J connectivity index is 2.50. The van der Waals surface area contributed by atoms with Crippen LogP contribution in [0.3, 0.4) is 0 Å². The van der Waals surface area contributed by atoms with Gasteiger partial charge in [0, 0.05) is 0 Å². The minimum Gasteiger partial charge on any atom is -0.379 e. The van der Waals surface area contributed by atoms with Crippen molar-refractivity contribution in [3.63, 3.8) is 0 Å². The van der Waals surface area contributed by atoms with E-state index in [1.54, 1.807) is 12.3 Å². The second-order valence-electron chi connectivity index (χ2n) is 1.82. The fourth-order valence-electron chi connectivity index (χ4n) is 0.656. The first-order valence-corrected chi connectivity index (χ1v) is 2.73. The van der Waals surface area contributed by atoms with Crippen LogP contribution in [0.5, 0.6) is 0 Å². The highest BCUT2D eigenvalue weighted by molar-refractivity contribution is 5.82. The molecule has 9 heavy (non-hydrogen) atoms. The molecule has 0 aliphatic carbocycles. The van der Waals surface area contributed by atoms with E-state index < -0.39 is 0 Å². The summed E-state index contributed by atoms with van der Waals surface area (Å²) >= 11 is 0. The molecule has 1 aliphatic heterocycles. The smallest absolute Gasteiger partial charge is 0.238 e. The zero-order chi connectivity index (χ0) is 6.69. The van der Waals surface area contributed by atoms with E-state index in [9.17, 15) is 4.79 Å². The molecule has 0 aromatic heterocycles. The molecule has 1 rings (SSSR count). The number of primary amides is 1. The molecule has 0 spiro atoms. The fourth-order valence-corrected chi connectivity index (χ4v) is 0.656. The Morgan fingerprint density at radius 2 is 2.56 bits per heavy atom. The van der Waals surface area contributed by atoms with Crippen LogP contribution in [0.15, 0.2) is 12.3 Å². The number of hydrogen-bond donors (Lipinski definition) is 3. The van der Waals surface area contributed by atoms with Gasteiger partial charge in [-0.05, 0) is 12.3 Å². The van der Waals surface area contributed by atoms with Gasteiger partial charge in [0.15, 0.2) is 0 Å². The number of carbonyl (C=O) groups is 1. The van der Waals surface area contributed by atoms with Gasteiger partial charge in [-0.3, -0.25) is 10.1 Å². The largest absolute Gasteiger partial charge is 0.379 e. The summed E-state index contributed by atoms with van der Waals surface area (Å²) in [5.74, 6) is -0.340. The van der Waals surface area contributed by atoms with Gasteiger partial charge in [0.05, 0.1) is 6.67 Å². The summed E-state index contributed by atoms with van der Waals surface area (Å²) in [6.45, 7) is 0.601. The lowest BCUT2D eigenvalue weighted by atomic mass is 10.2. The Labute approximate surface area is 53.1 Å². The lowest BCUT2D eigenvalue weighted by Gasteiger charge is -2.15. The molecule has 4 N–H and O–H groups in total. The average molecular weight is 127 g/mol. The van der Waals surface area contributed by atoms with Crippen molar-refractivity contribution in [3.05, 3.63) is 12.3 Å². The summed E-state index contributed by atoms with van der Waals surface area (Å²) in [5, 5.41) is 5.72. The van der Waals surface area contributed by atoms with Crippen molar-refractivity contribution in [2.24, 2.45) is 5.73 Å². The molecule has 1 atom stereocenters. The third-order valence-corrected chi connectivity index (χ3v) is 1.14. The average Bonchev–Trinajstić information content (AvgIpc) is 1.90. The molecule has 0 bridgehead atoms. The van der Waals surface area contributed by atoms with Crippen molar-refractivity contribution < 1.29 is 4.79 Å². The van der Waals surface area contributed by atoms with E-state index in [0.717, 1.165) is 0 Å².